The summed E-state index contributed by atoms with van der Waals surface area (Å²) in [6.45, 7) is 0. The summed E-state index contributed by atoms with van der Waals surface area (Å²) in [5.41, 5.74) is 0.915. The molecule has 1 aliphatic heterocycles. The first kappa shape index (κ1) is 21.2. The number of hydrogen-bond donors (Lipinski definition) is 2. The molecule has 7 nitrogen and oxygen atoms in total. The van der Waals surface area contributed by atoms with Gasteiger partial charge in [0.1, 0.15) is 5.25 Å². The molecule has 3 rings (SSSR count). The molecule has 1 unspecified atom stereocenters. The molecule has 0 spiro atoms. The summed E-state index contributed by atoms with van der Waals surface area (Å²) in [4.78, 5) is 41.6. The maximum Gasteiger partial charge on any atom is 0.335 e. The second kappa shape index (κ2) is 8.86. The van der Waals surface area contributed by atoms with Crippen molar-refractivity contribution in [2.45, 2.75) is 11.7 Å². The number of carboxylic acid groups (broad SMARTS) is 1. The standard InChI is InChI=1S/C19H15Cl2N3O4S/c1-22-19(23-13-7-11(20)6-12(21)8-13)29-15-9-16(25)24(17(15)26)14-4-2-10(3-5-14)18(27)28/h2-8,15H,9H2,1H3,(H,22,23)(H,27,28). The van der Waals surface area contributed by atoms with Crippen LogP contribution in [0.5, 0.6) is 0 Å². The highest BCUT2D eigenvalue weighted by Crippen LogP contribution is 2.32. The molecule has 0 aliphatic carbocycles. The third-order valence-electron chi connectivity index (χ3n) is 4.02. The minimum Gasteiger partial charge on any atom is -0.478 e. The fraction of sp³-hybridized carbons (Fsp3) is 0.158. The predicted molar refractivity (Wildman–Crippen MR) is 115 cm³/mol. The highest BCUT2D eigenvalue weighted by molar-refractivity contribution is 8.15. The number of halogens is 2. The summed E-state index contributed by atoms with van der Waals surface area (Å²) in [5, 5.41) is 12.5. The molecule has 10 heteroatoms. The third kappa shape index (κ3) is 4.90. The maximum atomic E-state index is 12.8. The van der Waals surface area contributed by atoms with Crippen LogP contribution in [-0.4, -0.2) is 40.4 Å². The van der Waals surface area contributed by atoms with Crippen LogP contribution in [0.4, 0.5) is 11.4 Å². The summed E-state index contributed by atoms with van der Waals surface area (Å²) in [7, 11) is 1.65. The summed E-state index contributed by atoms with van der Waals surface area (Å²) in [5.74, 6) is -1.84. The van der Waals surface area contributed by atoms with E-state index in [2.05, 4.69) is 10.3 Å². The zero-order valence-electron chi connectivity index (χ0n) is 15.1. The number of nitrogens with zero attached hydrogens (tertiary/aromatic N) is 2. The summed E-state index contributed by atoms with van der Waals surface area (Å²) < 4.78 is 0. The molecule has 0 bridgehead atoms. The maximum absolute atomic E-state index is 12.8. The monoisotopic (exact) mass is 451 g/mol. The molecule has 2 aromatic carbocycles. The Balaban J connectivity index is 1.79. The zero-order chi connectivity index (χ0) is 21.1. The van der Waals surface area contributed by atoms with Gasteiger partial charge in [0, 0.05) is 23.5 Å². The number of carbonyl (C=O) groups excluding carboxylic acids is 2. The van der Waals surface area contributed by atoms with Crippen molar-refractivity contribution in [2.24, 2.45) is 4.99 Å². The first-order chi connectivity index (χ1) is 13.8. The molecular weight excluding hydrogens is 437 g/mol. The van der Waals surface area contributed by atoms with Crippen LogP contribution in [-0.2, 0) is 9.59 Å². The quantitative estimate of drug-likeness (QED) is 0.414. The van der Waals surface area contributed by atoms with E-state index >= 15 is 0 Å². The van der Waals surface area contributed by atoms with Gasteiger partial charge >= 0.3 is 5.97 Å². The fourth-order valence-electron chi connectivity index (χ4n) is 2.72. The number of imide groups is 1. The van der Waals surface area contributed by atoms with E-state index in [0.717, 1.165) is 16.7 Å². The van der Waals surface area contributed by atoms with E-state index < -0.39 is 17.1 Å². The van der Waals surface area contributed by atoms with Crippen LogP contribution in [0, 0.1) is 0 Å². The summed E-state index contributed by atoms with van der Waals surface area (Å²) >= 11 is 13.1. The lowest BCUT2D eigenvalue weighted by Crippen LogP contribution is -2.32. The number of carbonyl (C=O) groups is 3. The van der Waals surface area contributed by atoms with Crippen molar-refractivity contribution in [1.82, 2.24) is 5.32 Å². The first-order valence-corrected chi connectivity index (χ1v) is 10.0. The van der Waals surface area contributed by atoms with Crippen LogP contribution in [0.3, 0.4) is 0 Å². The molecule has 2 aromatic rings. The number of amidine groups is 1. The van der Waals surface area contributed by atoms with E-state index in [4.69, 9.17) is 28.3 Å². The van der Waals surface area contributed by atoms with Gasteiger partial charge in [-0.1, -0.05) is 35.0 Å². The fourth-order valence-corrected chi connectivity index (χ4v) is 4.21. The number of hydrogen-bond acceptors (Lipinski definition) is 5. The molecular formula is C19H15Cl2N3O4S. The Kier molecular flexibility index (Phi) is 6.46. The van der Waals surface area contributed by atoms with Gasteiger partial charge in [-0.05, 0) is 42.5 Å². The number of aliphatic imine (C=N–C) groups is 1. The van der Waals surface area contributed by atoms with Crippen LogP contribution in [0.1, 0.15) is 16.8 Å². The highest BCUT2D eigenvalue weighted by Gasteiger charge is 2.40. The molecule has 2 N–H and O–H groups in total. The number of aromatic carboxylic acids is 1. The van der Waals surface area contributed by atoms with Crippen molar-refractivity contribution in [1.29, 1.82) is 0 Å². The minimum atomic E-state index is -1.08. The van der Waals surface area contributed by atoms with Gasteiger partial charge in [0.05, 0.1) is 16.9 Å². The van der Waals surface area contributed by atoms with Crippen molar-refractivity contribution in [3.63, 3.8) is 0 Å². The Bertz CT molecular complexity index is 991. The van der Waals surface area contributed by atoms with E-state index in [9.17, 15) is 14.4 Å². The van der Waals surface area contributed by atoms with E-state index in [0.29, 0.717) is 26.6 Å². The normalized spacial score (nSPS) is 17.0. The molecule has 1 fully saturated rings. The first-order valence-electron chi connectivity index (χ1n) is 8.38. The van der Waals surface area contributed by atoms with Gasteiger partial charge < -0.3 is 10.4 Å². The number of anilines is 1. The molecule has 29 heavy (non-hydrogen) atoms. The number of carboxylic acids is 1. The lowest BCUT2D eigenvalue weighted by molar-refractivity contribution is -0.121. The zero-order valence-corrected chi connectivity index (χ0v) is 17.4. The van der Waals surface area contributed by atoms with Crippen LogP contribution in [0.15, 0.2) is 47.5 Å². The highest BCUT2D eigenvalue weighted by atomic mass is 35.5. The Morgan fingerprint density at radius 1 is 1.17 bits per heavy atom. The molecule has 150 valence electrons. The van der Waals surface area contributed by atoms with Crippen molar-refractivity contribution in [3.8, 4) is 0 Å². The minimum absolute atomic E-state index is 0.00117. The Hall–Kier alpha value is -2.55. The molecule has 1 saturated heterocycles. The number of nitrogens with one attached hydrogen (secondary N) is 1. The molecule has 1 aliphatic rings. The van der Waals surface area contributed by atoms with Crippen molar-refractivity contribution >= 4 is 69.3 Å². The van der Waals surface area contributed by atoms with Gasteiger partial charge in [-0.25, -0.2) is 14.7 Å². The van der Waals surface area contributed by atoms with Crippen LogP contribution in [0.2, 0.25) is 10.0 Å². The van der Waals surface area contributed by atoms with Gasteiger partial charge in [0.2, 0.25) is 11.8 Å². The molecule has 0 radical (unpaired) electrons. The third-order valence-corrected chi connectivity index (χ3v) is 5.63. The van der Waals surface area contributed by atoms with E-state index in [1.165, 1.54) is 24.3 Å². The number of amides is 2. The second-order valence-corrected chi connectivity index (χ2v) is 8.09. The van der Waals surface area contributed by atoms with Crippen molar-refractivity contribution in [2.75, 3.05) is 11.9 Å². The largest absolute Gasteiger partial charge is 0.478 e. The average molecular weight is 452 g/mol. The Morgan fingerprint density at radius 2 is 1.79 bits per heavy atom. The molecule has 2 amide bonds. The Morgan fingerprint density at radius 3 is 2.34 bits per heavy atom. The lowest BCUT2D eigenvalue weighted by atomic mass is 10.2. The average Bonchev–Trinajstić information content (AvgIpc) is 2.93. The second-order valence-electron chi connectivity index (χ2n) is 6.02. The van der Waals surface area contributed by atoms with Gasteiger partial charge in [0.15, 0.2) is 5.17 Å². The predicted octanol–water partition coefficient (Wildman–Crippen LogP) is 3.96. The van der Waals surface area contributed by atoms with Crippen LogP contribution < -0.4 is 10.2 Å². The number of thioether (sulfide) groups is 1. The van der Waals surface area contributed by atoms with Gasteiger partial charge in [-0.15, -0.1) is 0 Å². The lowest BCUT2D eigenvalue weighted by Gasteiger charge is -2.15. The van der Waals surface area contributed by atoms with E-state index in [1.54, 1.807) is 25.2 Å². The number of rotatable bonds is 4. The van der Waals surface area contributed by atoms with Gasteiger partial charge in [0.25, 0.3) is 0 Å². The smallest absolute Gasteiger partial charge is 0.335 e. The van der Waals surface area contributed by atoms with Crippen LogP contribution in [0.25, 0.3) is 0 Å². The molecule has 0 aromatic heterocycles. The van der Waals surface area contributed by atoms with E-state index in [1.807, 2.05) is 0 Å². The molecule has 1 atom stereocenters. The SMILES string of the molecule is CN/C(=N/c1cc(Cl)cc(Cl)c1)SC1CC(=O)N(c2ccc(C(=O)O)cc2)C1=O. The van der Waals surface area contributed by atoms with E-state index in [-0.39, 0.29) is 17.9 Å². The van der Waals surface area contributed by atoms with Gasteiger partial charge in [-0.2, -0.15) is 0 Å². The Labute approximate surface area is 180 Å². The number of benzene rings is 2. The summed E-state index contributed by atoms with van der Waals surface area (Å²) in [6.07, 6.45) is 0.00117. The topological polar surface area (TPSA) is 99.1 Å². The van der Waals surface area contributed by atoms with Crippen LogP contribution >= 0.6 is 35.0 Å². The van der Waals surface area contributed by atoms with Crippen molar-refractivity contribution in [3.05, 3.63) is 58.1 Å². The molecule has 0 saturated carbocycles. The van der Waals surface area contributed by atoms with Crippen molar-refractivity contribution < 1.29 is 19.5 Å². The molecule has 1 heterocycles. The summed E-state index contributed by atoms with van der Waals surface area (Å²) in [6, 6.07) is 10.4. The van der Waals surface area contributed by atoms with Gasteiger partial charge in [-0.3, -0.25) is 9.59 Å².